The molecule has 2 N–H and O–H groups in total. The predicted octanol–water partition coefficient (Wildman–Crippen LogP) is 0.741. The van der Waals surface area contributed by atoms with Gasteiger partial charge in [-0.1, -0.05) is 18.2 Å². The Hall–Kier alpha value is -1.84. The largest absolute Gasteiger partial charge is 0.481 e. The van der Waals surface area contributed by atoms with Crippen LogP contribution in [-0.4, -0.2) is 22.2 Å². The molecule has 0 amide bonds. The van der Waals surface area contributed by atoms with Crippen molar-refractivity contribution in [3.8, 4) is 0 Å². The molecule has 0 saturated heterocycles. The number of carboxylic acid groups (broad SMARTS) is 2. The maximum atomic E-state index is 10.4. The van der Waals surface area contributed by atoms with E-state index < -0.39 is 11.9 Å². The van der Waals surface area contributed by atoms with Gasteiger partial charge in [0.1, 0.15) is 0 Å². The van der Waals surface area contributed by atoms with Crippen molar-refractivity contribution in [2.45, 2.75) is 12.8 Å². The van der Waals surface area contributed by atoms with E-state index in [4.69, 9.17) is 10.2 Å². The standard InChI is InChI=1S/C10H9O4/c11-9(12)5-7-3-1-2-4-8(7)6-10(13)14/h1,3-4H,5-6H2,(H,11,12)(H,13,14). The molecule has 1 radical (unpaired) electrons. The van der Waals surface area contributed by atoms with Crippen LogP contribution in [0.5, 0.6) is 0 Å². The van der Waals surface area contributed by atoms with Crippen LogP contribution in [0.15, 0.2) is 18.2 Å². The van der Waals surface area contributed by atoms with Crippen LogP contribution in [0.2, 0.25) is 0 Å². The van der Waals surface area contributed by atoms with Gasteiger partial charge in [0.15, 0.2) is 0 Å². The Morgan fingerprint density at radius 2 is 1.71 bits per heavy atom. The number of hydrogen-bond donors (Lipinski definition) is 2. The summed E-state index contributed by atoms with van der Waals surface area (Å²) >= 11 is 0. The Bertz CT molecular complexity index is 322. The zero-order valence-electron chi connectivity index (χ0n) is 7.36. The highest BCUT2D eigenvalue weighted by Gasteiger charge is 2.08. The Balaban J connectivity index is 2.90. The van der Waals surface area contributed by atoms with Gasteiger partial charge in [-0.2, -0.15) is 0 Å². The van der Waals surface area contributed by atoms with Crippen LogP contribution >= 0.6 is 0 Å². The molecular weight excluding hydrogens is 184 g/mol. The first-order valence-electron chi connectivity index (χ1n) is 4.01. The molecule has 0 aromatic heterocycles. The maximum Gasteiger partial charge on any atom is 0.307 e. The van der Waals surface area contributed by atoms with E-state index in [2.05, 4.69) is 6.07 Å². The first kappa shape index (κ1) is 10.2. The second-order valence-electron chi connectivity index (χ2n) is 2.84. The van der Waals surface area contributed by atoms with Gasteiger partial charge >= 0.3 is 11.9 Å². The molecule has 0 spiro atoms. The highest BCUT2D eigenvalue weighted by atomic mass is 16.4. The molecule has 4 heteroatoms. The van der Waals surface area contributed by atoms with E-state index in [1.54, 1.807) is 12.1 Å². The summed E-state index contributed by atoms with van der Waals surface area (Å²) in [5, 5.41) is 17.1. The highest BCUT2D eigenvalue weighted by molar-refractivity contribution is 5.74. The maximum absolute atomic E-state index is 10.4. The fraction of sp³-hybridized carbons (Fsp3) is 0.200. The van der Waals surface area contributed by atoms with Gasteiger partial charge in [-0.3, -0.25) is 9.59 Å². The molecule has 1 aromatic carbocycles. The Kier molecular flexibility index (Phi) is 3.23. The van der Waals surface area contributed by atoms with Crippen molar-refractivity contribution in [2.24, 2.45) is 0 Å². The Morgan fingerprint density at radius 3 is 2.29 bits per heavy atom. The number of carbonyl (C=O) groups is 2. The van der Waals surface area contributed by atoms with E-state index in [1.807, 2.05) is 0 Å². The third-order valence-electron chi connectivity index (χ3n) is 1.73. The van der Waals surface area contributed by atoms with E-state index in [9.17, 15) is 9.59 Å². The summed E-state index contributed by atoms with van der Waals surface area (Å²) < 4.78 is 0. The first-order valence-corrected chi connectivity index (χ1v) is 4.01. The summed E-state index contributed by atoms with van der Waals surface area (Å²) in [7, 11) is 0. The zero-order valence-corrected chi connectivity index (χ0v) is 7.36. The van der Waals surface area contributed by atoms with Crippen molar-refractivity contribution in [1.29, 1.82) is 0 Å². The van der Waals surface area contributed by atoms with Crippen LogP contribution < -0.4 is 0 Å². The second-order valence-corrected chi connectivity index (χ2v) is 2.84. The molecule has 14 heavy (non-hydrogen) atoms. The summed E-state index contributed by atoms with van der Waals surface area (Å²) in [4.78, 5) is 20.9. The molecule has 0 aliphatic rings. The molecule has 0 saturated carbocycles. The van der Waals surface area contributed by atoms with Crippen LogP contribution in [0.1, 0.15) is 11.1 Å². The monoisotopic (exact) mass is 193 g/mol. The van der Waals surface area contributed by atoms with Crippen molar-refractivity contribution in [2.75, 3.05) is 0 Å². The van der Waals surface area contributed by atoms with Gasteiger partial charge in [-0.05, 0) is 17.2 Å². The first-order chi connectivity index (χ1) is 6.59. The molecule has 1 aromatic rings. The Labute approximate surface area is 80.8 Å². The molecule has 0 aliphatic carbocycles. The van der Waals surface area contributed by atoms with E-state index in [0.717, 1.165) is 0 Å². The summed E-state index contributed by atoms with van der Waals surface area (Å²) in [6.07, 6.45) is -0.322. The third kappa shape index (κ3) is 2.90. The lowest BCUT2D eigenvalue weighted by Crippen LogP contribution is -2.07. The van der Waals surface area contributed by atoms with Crippen LogP contribution in [0.4, 0.5) is 0 Å². The molecule has 0 fully saturated rings. The van der Waals surface area contributed by atoms with Crippen LogP contribution in [-0.2, 0) is 22.4 Å². The molecule has 4 nitrogen and oxygen atoms in total. The minimum atomic E-state index is -0.976. The summed E-state index contributed by atoms with van der Waals surface area (Å²) in [5.74, 6) is -1.95. The van der Waals surface area contributed by atoms with Gasteiger partial charge < -0.3 is 10.2 Å². The van der Waals surface area contributed by atoms with Gasteiger partial charge in [0.05, 0.1) is 12.8 Å². The fourth-order valence-corrected chi connectivity index (χ4v) is 1.16. The van der Waals surface area contributed by atoms with Crippen molar-refractivity contribution >= 4 is 11.9 Å². The second kappa shape index (κ2) is 4.41. The van der Waals surface area contributed by atoms with Gasteiger partial charge in [0.2, 0.25) is 0 Å². The van der Waals surface area contributed by atoms with Crippen molar-refractivity contribution < 1.29 is 19.8 Å². The minimum Gasteiger partial charge on any atom is -0.481 e. The average Bonchev–Trinajstić information content (AvgIpc) is 2.06. The van der Waals surface area contributed by atoms with Gasteiger partial charge in [-0.25, -0.2) is 0 Å². The van der Waals surface area contributed by atoms with E-state index in [1.165, 1.54) is 6.07 Å². The minimum absolute atomic E-state index is 0.155. The van der Waals surface area contributed by atoms with Crippen molar-refractivity contribution in [3.63, 3.8) is 0 Å². The smallest absolute Gasteiger partial charge is 0.307 e. The van der Waals surface area contributed by atoms with Gasteiger partial charge in [0.25, 0.3) is 0 Å². The number of rotatable bonds is 4. The number of aliphatic carboxylic acids is 2. The molecule has 0 unspecified atom stereocenters. The molecule has 0 heterocycles. The summed E-state index contributed by atoms with van der Waals surface area (Å²) in [6.45, 7) is 0. The zero-order chi connectivity index (χ0) is 10.6. The SMILES string of the molecule is O=C(O)Cc1c[c]ccc1CC(=O)O. The lowest BCUT2D eigenvalue weighted by atomic mass is 10.0. The van der Waals surface area contributed by atoms with Crippen molar-refractivity contribution in [1.82, 2.24) is 0 Å². The van der Waals surface area contributed by atoms with Crippen LogP contribution in [0.25, 0.3) is 0 Å². The molecule has 0 aliphatic heterocycles. The van der Waals surface area contributed by atoms with E-state index >= 15 is 0 Å². The normalized spacial score (nSPS) is 9.71. The summed E-state index contributed by atoms with van der Waals surface area (Å²) in [6, 6.07) is 7.38. The highest BCUT2D eigenvalue weighted by Crippen LogP contribution is 2.09. The van der Waals surface area contributed by atoms with Gasteiger partial charge in [0, 0.05) is 0 Å². The van der Waals surface area contributed by atoms with Crippen LogP contribution in [0.3, 0.4) is 0 Å². The topological polar surface area (TPSA) is 74.6 Å². The van der Waals surface area contributed by atoms with E-state index in [-0.39, 0.29) is 12.8 Å². The number of carboxylic acids is 2. The molecule has 1 rings (SSSR count). The third-order valence-corrected chi connectivity index (χ3v) is 1.73. The van der Waals surface area contributed by atoms with Crippen molar-refractivity contribution in [3.05, 3.63) is 35.4 Å². The Morgan fingerprint density at radius 1 is 1.14 bits per heavy atom. The quantitative estimate of drug-likeness (QED) is 0.739. The number of hydrogen-bond acceptors (Lipinski definition) is 2. The van der Waals surface area contributed by atoms with Crippen LogP contribution in [0, 0.1) is 6.07 Å². The summed E-state index contributed by atoms with van der Waals surface area (Å²) in [5.41, 5.74) is 1.03. The predicted molar refractivity (Wildman–Crippen MR) is 48.0 cm³/mol. The molecule has 73 valence electrons. The molecule has 0 atom stereocenters. The van der Waals surface area contributed by atoms with E-state index in [0.29, 0.717) is 11.1 Å². The lowest BCUT2D eigenvalue weighted by Gasteiger charge is -2.03. The number of benzene rings is 1. The molecule has 0 bridgehead atoms. The average molecular weight is 193 g/mol. The fourth-order valence-electron chi connectivity index (χ4n) is 1.16. The van der Waals surface area contributed by atoms with Gasteiger partial charge in [-0.15, -0.1) is 0 Å². The molecular formula is C10H9O4. The lowest BCUT2D eigenvalue weighted by molar-refractivity contribution is -0.137.